The molecule has 13 heteroatoms. The number of anilines is 1. The third-order valence-corrected chi connectivity index (χ3v) is 10.3. The molecule has 1 aromatic heterocycles. The van der Waals surface area contributed by atoms with E-state index in [1.807, 2.05) is 37.3 Å². The Kier molecular flexibility index (Phi) is 9.90. The van der Waals surface area contributed by atoms with E-state index < -0.39 is 32.2 Å². The summed E-state index contributed by atoms with van der Waals surface area (Å²) in [5.74, 6) is -1.83. The van der Waals surface area contributed by atoms with Gasteiger partial charge in [0.1, 0.15) is 0 Å². The van der Waals surface area contributed by atoms with Crippen LogP contribution in [0.2, 0.25) is 6.32 Å². The number of amides is 2. The molecule has 0 spiro atoms. The number of benzene rings is 2. The molecule has 0 unspecified atom stereocenters. The Bertz CT molecular complexity index is 1750. The van der Waals surface area contributed by atoms with Crippen molar-refractivity contribution >= 4 is 71.4 Å². The van der Waals surface area contributed by atoms with Gasteiger partial charge >= 0.3 is 14.2 Å². The molecule has 0 bridgehead atoms. The number of halogens is 1. The molecule has 6 rings (SSSR count). The monoisotopic (exact) mass is 748 g/mol. The van der Waals surface area contributed by atoms with Gasteiger partial charge in [-0.3, -0.25) is 19.5 Å². The lowest BCUT2D eigenvalue weighted by molar-refractivity contribution is -0.122. The van der Waals surface area contributed by atoms with E-state index in [1.54, 1.807) is 24.4 Å². The Balaban J connectivity index is 1.32. The van der Waals surface area contributed by atoms with Crippen molar-refractivity contribution in [1.29, 1.82) is 0 Å². The van der Waals surface area contributed by atoms with Gasteiger partial charge in [-0.25, -0.2) is 0 Å². The fourth-order valence-electron chi connectivity index (χ4n) is 7.33. The van der Waals surface area contributed by atoms with Crippen molar-refractivity contribution in [2.45, 2.75) is 45.0 Å². The van der Waals surface area contributed by atoms with E-state index in [0.717, 1.165) is 28.0 Å². The second-order valence-corrected chi connectivity index (χ2v) is 13.3. The number of imide groups is 1. The van der Waals surface area contributed by atoms with E-state index in [-0.39, 0.29) is 35.3 Å². The topological polar surface area (TPSA) is 150 Å². The van der Waals surface area contributed by atoms with Crippen molar-refractivity contribution in [3.63, 3.8) is 0 Å². The van der Waals surface area contributed by atoms with E-state index in [1.165, 1.54) is 24.1 Å². The van der Waals surface area contributed by atoms with Gasteiger partial charge in [0.05, 0.1) is 40.0 Å². The fraction of sp³-hybridized carbons (Fsp3) is 0.324. The Morgan fingerprint density at radius 3 is 2.66 bits per heavy atom. The zero-order valence-electron chi connectivity index (χ0n) is 26.0. The number of rotatable bonds is 9. The lowest BCUT2D eigenvalue weighted by atomic mass is 9.58. The highest BCUT2D eigenvalue weighted by Gasteiger charge is 2.57. The van der Waals surface area contributed by atoms with Crippen LogP contribution in [0, 0.1) is 21.3 Å². The Hall–Kier alpha value is -3.49. The highest BCUT2D eigenvalue weighted by molar-refractivity contribution is 14.1. The molecule has 4 atom stereocenters. The van der Waals surface area contributed by atoms with Crippen molar-refractivity contribution in [1.82, 2.24) is 4.98 Å². The molecule has 1 aliphatic carbocycles. The number of hydrogen-bond donors (Lipinski definition) is 4. The number of methoxy groups -OCH3 is 1. The van der Waals surface area contributed by atoms with Crippen LogP contribution in [0.4, 0.5) is 5.69 Å². The molecule has 0 saturated carbocycles. The highest BCUT2D eigenvalue weighted by Crippen LogP contribution is 2.52. The predicted molar refractivity (Wildman–Crippen MR) is 188 cm³/mol. The molecule has 10 nitrogen and oxygen atoms in total. The molecule has 3 aromatic rings. The van der Waals surface area contributed by atoms with Gasteiger partial charge in [-0.1, -0.05) is 30.7 Å². The lowest BCUT2D eigenvalue weighted by Crippen LogP contribution is -2.46. The number of pyridine rings is 1. The lowest BCUT2D eigenvalue weighted by Gasteiger charge is -2.43. The summed E-state index contributed by atoms with van der Waals surface area (Å²) < 4.78 is 12.2. The zero-order valence-corrected chi connectivity index (χ0v) is 28.2. The van der Waals surface area contributed by atoms with Gasteiger partial charge in [0.2, 0.25) is 11.8 Å². The SMILES string of the molecule is CCC1=C2[C@@H](CC/C(=C/c3cc(I)c(O)c(OC)c3)c3ccccn3)OB(O)C[C@@H]2[C@@H]2C(=O)N(c3cccc(B(O)O)c3)C(=O)[C@@H]2C1. The van der Waals surface area contributed by atoms with Crippen LogP contribution in [-0.2, 0) is 14.2 Å². The molecule has 242 valence electrons. The molecule has 4 N–H and O–H groups in total. The number of nitrogens with zero attached hydrogens (tertiary/aromatic N) is 2. The Labute approximate surface area is 287 Å². The summed E-state index contributed by atoms with van der Waals surface area (Å²) in [6.45, 7) is 2.03. The van der Waals surface area contributed by atoms with Crippen LogP contribution < -0.4 is 15.1 Å². The molecule has 2 aromatic carbocycles. The van der Waals surface area contributed by atoms with Crippen LogP contribution in [0.15, 0.2) is 71.9 Å². The molecule has 3 aliphatic rings. The molecule has 47 heavy (non-hydrogen) atoms. The molecule has 2 amide bonds. The molecule has 2 fully saturated rings. The number of aromatic nitrogens is 1. The van der Waals surface area contributed by atoms with Crippen LogP contribution in [0.25, 0.3) is 11.6 Å². The number of carbonyl (C=O) groups is 2. The van der Waals surface area contributed by atoms with E-state index in [2.05, 4.69) is 27.6 Å². The number of phenolic OH excluding ortho intramolecular Hbond substituents is 1. The molecular formula is C34H35B2IN2O8. The summed E-state index contributed by atoms with van der Waals surface area (Å²) in [7, 11) is -1.34. The quantitative estimate of drug-likeness (QED) is 0.111. The van der Waals surface area contributed by atoms with Crippen LogP contribution in [-0.4, -0.2) is 64.4 Å². The van der Waals surface area contributed by atoms with Crippen molar-refractivity contribution < 1.29 is 39.2 Å². The van der Waals surface area contributed by atoms with Crippen molar-refractivity contribution in [3.05, 3.63) is 86.8 Å². The summed E-state index contributed by atoms with van der Waals surface area (Å²) >= 11 is 2.06. The van der Waals surface area contributed by atoms with Crippen molar-refractivity contribution in [3.8, 4) is 11.5 Å². The molecule has 2 aliphatic heterocycles. The first-order valence-electron chi connectivity index (χ1n) is 15.7. The standard InChI is InChI=1S/C34H35B2IN2O8/c1-3-20-16-24-31(34(42)39(33(24)41)23-8-6-7-22(17-23)36(44)45)25-18-35(43)47-28(30(20)25)11-10-21(27-9-4-5-12-38-27)13-19-14-26(37)32(40)29(15-19)46-2/h4-9,12-15,17,24-25,28,31,40,43-45H,3,10-11,16,18H2,1-2H3/b21-13-/t24-,25+,28-,31-/m1/s1. The summed E-state index contributed by atoms with van der Waals surface area (Å²) in [5.41, 5.74) is 5.07. The van der Waals surface area contributed by atoms with Gasteiger partial charge in [-0.2, -0.15) is 0 Å². The van der Waals surface area contributed by atoms with Gasteiger partial charge in [0, 0.05) is 6.20 Å². The first kappa shape index (κ1) is 33.4. The van der Waals surface area contributed by atoms with Crippen molar-refractivity contribution in [2.24, 2.45) is 17.8 Å². The summed E-state index contributed by atoms with van der Waals surface area (Å²) in [6, 6.07) is 15.5. The van der Waals surface area contributed by atoms with E-state index in [4.69, 9.17) is 9.39 Å². The molecular weight excluding hydrogens is 713 g/mol. The summed E-state index contributed by atoms with van der Waals surface area (Å²) in [4.78, 5) is 33.6. The van der Waals surface area contributed by atoms with Gasteiger partial charge in [-0.05, 0) is 125 Å². The number of carbonyl (C=O) groups excluding carboxylic acids is 2. The minimum absolute atomic E-state index is 0.0760. The van der Waals surface area contributed by atoms with Gasteiger partial charge in [0.25, 0.3) is 0 Å². The number of aromatic hydroxyl groups is 1. The molecule has 0 radical (unpaired) electrons. The first-order chi connectivity index (χ1) is 22.6. The van der Waals surface area contributed by atoms with E-state index in [0.29, 0.717) is 40.7 Å². The number of hydrogen-bond acceptors (Lipinski definition) is 9. The number of phenols is 1. The van der Waals surface area contributed by atoms with Gasteiger partial charge < -0.3 is 29.6 Å². The third-order valence-electron chi connectivity index (χ3n) is 9.44. The van der Waals surface area contributed by atoms with Crippen LogP contribution >= 0.6 is 22.6 Å². The average molecular weight is 748 g/mol. The third kappa shape index (κ3) is 6.51. The van der Waals surface area contributed by atoms with Crippen LogP contribution in [0.1, 0.15) is 43.9 Å². The fourth-order valence-corrected chi connectivity index (χ4v) is 7.95. The number of allylic oxidation sites excluding steroid dienone is 2. The number of fused-ring (bicyclic) bond motifs is 3. The van der Waals surface area contributed by atoms with E-state index in [9.17, 15) is 29.8 Å². The minimum Gasteiger partial charge on any atom is -0.504 e. The molecule has 3 heterocycles. The normalized spacial score (nSPS) is 22.8. The molecule has 2 saturated heterocycles. The highest BCUT2D eigenvalue weighted by atomic mass is 127. The maximum absolute atomic E-state index is 14.0. The Morgan fingerprint density at radius 2 is 1.96 bits per heavy atom. The maximum atomic E-state index is 14.0. The second kappa shape index (κ2) is 13.9. The van der Waals surface area contributed by atoms with Crippen LogP contribution in [0.3, 0.4) is 0 Å². The first-order valence-corrected chi connectivity index (χ1v) is 16.8. The average Bonchev–Trinajstić information content (AvgIpc) is 3.32. The Morgan fingerprint density at radius 1 is 1.15 bits per heavy atom. The summed E-state index contributed by atoms with van der Waals surface area (Å²) in [5, 5.41) is 40.7. The number of ether oxygens (including phenoxy) is 1. The summed E-state index contributed by atoms with van der Waals surface area (Å²) in [6.07, 6.45) is 5.58. The van der Waals surface area contributed by atoms with E-state index >= 15 is 0 Å². The largest absolute Gasteiger partial charge is 0.504 e. The second-order valence-electron chi connectivity index (χ2n) is 12.1. The maximum Gasteiger partial charge on any atom is 0.488 e. The smallest absolute Gasteiger partial charge is 0.488 e. The van der Waals surface area contributed by atoms with Crippen LogP contribution in [0.5, 0.6) is 11.5 Å². The van der Waals surface area contributed by atoms with Gasteiger partial charge in [0.15, 0.2) is 11.5 Å². The zero-order chi connectivity index (χ0) is 33.4. The van der Waals surface area contributed by atoms with Crippen molar-refractivity contribution in [2.75, 3.05) is 12.0 Å². The predicted octanol–water partition coefficient (Wildman–Crippen LogP) is 3.81. The van der Waals surface area contributed by atoms with Gasteiger partial charge in [-0.15, -0.1) is 0 Å². The minimum atomic E-state index is -1.74.